The average Bonchev–Trinajstić information content (AvgIpc) is 2.65. The number of likely N-dealkylation sites (tertiary alicyclic amines) is 1. The van der Waals surface area contributed by atoms with Gasteiger partial charge in [0.1, 0.15) is 6.42 Å². The topological polar surface area (TPSA) is 86.7 Å². The Morgan fingerprint density at radius 3 is 2.71 bits per heavy atom. The summed E-state index contributed by atoms with van der Waals surface area (Å²) < 4.78 is 4.67. The molecule has 1 unspecified atom stereocenters. The Balaban J connectivity index is 2.49. The molecule has 1 rings (SSSR count). The minimum Gasteiger partial charge on any atom is -0.550 e. The zero-order valence-electron chi connectivity index (χ0n) is 9.81. The molecule has 6 heteroatoms. The molecule has 1 fully saturated rings. The van der Waals surface area contributed by atoms with E-state index in [4.69, 9.17) is 0 Å². The number of amides is 1. The molecular weight excluding hydrogens is 226 g/mol. The van der Waals surface area contributed by atoms with Crippen LogP contribution >= 0.6 is 0 Å². The van der Waals surface area contributed by atoms with Crippen molar-refractivity contribution in [3.63, 3.8) is 0 Å². The van der Waals surface area contributed by atoms with Crippen molar-refractivity contribution in [2.24, 2.45) is 0 Å². The van der Waals surface area contributed by atoms with Crippen LogP contribution in [0.25, 0.3) is 0 Å². The third-order valence-electron chi connectivity index (χ3n) is 2.70. The highest BCUT2D eigenvalue weighted by Crippen LogP contribution is 2.20. The number of rotatable bonds is 5. The van der Waals surface area contributed by atoms with E-state index in [1.54, 1.807) is 6.92 Å². The van der Waals surface area contributed by atoms with E-state index < -0.39 is 11.9 Å². The smallest absolute Gasteiger partial charge is 0.315 e. The van der Waals surface area contributed by atoms with Gasteiger partial charge in [-0.05, 0) is 19.8 Å². The first kappa shape index (κ1) is 13.5. The Bertz CT molecular complexity index is 315. The molecule has 1 heterocycles. The van der Waals surface area contributed by atoms with Crippen molar-refractivity contribution in [2.75, 3.05) is 13.2 Å². The Morgan fingerprint density at radius 2 is 2.12 bits per heavy atom. The molecular formula is C11H16NO5-. The monoisotopic (exact) mass is 242 g/mol. The average molecular weight is 242 g/mol. The van der Waals surface area contributed by atoms with Crippen LogP contribution in [0.3, 0.4) is 0 Å². The second kappa shape index (κ2) is 6.22. The van der Waals surface area contributed by atoms with Gasteiger partial charge in [-0.1, -0.05) is 0 Å². The van der Waals surface area contributed by atoms with E-state index in [9.17, 15) is 19.5 Å². The van der Waals surface area contributed by atoms with Crippen molar-refractivity contribution in [1.82, 2.24) is 4.90 Å². The summed E-state index contributed by atoms with van der Waals surface area (Å²) in [5, 5.41) is 10.5. The van der Waals surface area contributed by atoms with E-state index in [1.165, 1.54) is 4.90 Å². The number of esters is 1. The van der Waals surface area contributed by atoms with Gasteiger partial charge in [-0.25, -0.2) is 0 Å². The fourth-order valence-electron chi connectivity index (χ4n) is 2.01. The number of hydrogen-bond acceptors (Lipinski definition) is 5. The Labute approximate surface area is 99.5 Å². The highest BCUT2D eigenvalue weighted by Gasteiger charge is 2.29. The fourth-order valence-corrected chi connectivity index (χ4v) is 2.01. The Morgan fingerprint density at radius 1 is 1.41 bits per heavy atom. The second-order valence-electron chi connectivity index (χ2n) is 3.94. The van der Waals surface area contributed by atoms with E-state index >= 15 is 0 Å². The van der Waals surface area contributed by atoms with Gasteiger partial charge in [0.2, 0.25) is 5.91 Å². The fraction of sp³-hybridized carbons (Fsp3) is 0.727. The van der Waals surface area contributed by atoms with E-state index in [0.29, 0.717) is 13.0 Å². The number of carbonyl (C=O) groups excluding carboxylic acids is 3. The van der Waals surface area contributed by atoms with Crippen LogP contribution in [0.15, 0.2) is 0 Å². The molecule has 0 bridgehead atoms. The van der Waals surface area contributed by atoms with Crippen LogP contribution in [0.1, 0.15) is 32.6 Å². The summed E-state index contributed by atoms with van der Waals surface area (Å²) in [4.78, 5) is 34.8. The first-order valence-electron chi connectivity index (χ1n) is 5.69. The third kappa shape index (κ3) is 4.05. The van der Waals surface area contributed by atoms with Crippen molar-refractivity contribution >= 4 is 17.8 Å². The lowest BCUT2D eigenvalue weighted by atomic mass is 10.1. The highest BCUT2D eigenvalue weighted by molar-refractivity contribution is 5.94. The zero-order valence-corrected chi connectivity index (χ0v) is 9.81. The standard InChI is InChI=1S/C11H17NO5/c1-2-17-11(16)7-9(13)12-5-3-4-8(12)6-10(14)15/h8H,2-7H2,1H3,(H,14,15)/p-1. The third-order valence-corrected chi connectivity index (χ3v) is 2.70. The van der Waals surface area contributed by atoms with Crippen LogP contribution in [0.4, 0.5) is 0 Å². The minimum atomic E-state index is -1.18. The SMILES string of the molecule is CCOC(=O)CC(=O)N1CCCC1CC(=O)[O-]. The summed E-state index contributed by atoms with van der Waals surface area (Å²) in [5.41, 5.74) is 0. The van der Waals surface area contributed by atoms with Gasteiger partial charge in [-0.2, -0.15) is 0 Å². The maximum atomic E-state index is 11.7. The maximum absolute atomic E-state index is 11.7. The molecule has 1 saturated heterocycles. The molecule has 17 heavy (non-hydrogen) atoms. The van der Waals surface area contributed by atoms with Gasteiger partial charge in [-0.3, -0.25) is 9.59 Å². The molecule has 6 nitrogen and oxygen atoms in total. The minimum absolute atomic E-state index is 0.172. The number of carbonyl (C=O) groups is 3. The van der Waals surface area contributed by atoms with Gasteiger partial charge in [-0.15, -0.1) is 0 Å². The second-order valence-corrected chi connectivity index (χ2v) is 3.94. The van der Waals surface area contributed by atoms with E-state index in [1.807, 2.05) is 0 Å². The molecule has 0 aromatic carbocycles. The quantitative estimate of drug-likeness (QED) is 0.459. The van der Waals surface area contributed by atoms with Gasteiger partial charge in [0.15, 0.2) is 0 Å². The largest absolute Gasteiger partial charge is 0.550 e. The molecule has 0 aromatic rings. The number of carboxylic acids is 1. The molecule has 0 N–H and O–H groups in total. The summed E-state index contributed by atoms with van der Waals surface area (Å²) in [6.07, 6.45) is 0.904. The first-order chi connectivity index (χ1) is 8.04. The number of carboxylic acid groups (broad SMARTS) is 1. The van der Waals surface area contributed by atoms with Crippen LogP contribution in [0.5, 0.6) is 0 Å². The van der Waals surface area contributed by atoms with Crippen LogP contribution in [-0.4, -0.2) is 41.9 Å². The van der Waals surface area contributed by atoms with Crippen molar-refractivity contribution in [1.29, 1.82) is 0 Å². The molecule has 0 spiro atoms. The van der Waals surface area contributed by atoms with Gasteiger partial charge in [0.05, 0.1) is 6.61 Å². The Hall–Kier alpha value is -1.59. The van der Waals surface area contributed by atoms with Gasteiger partial charge in [0.25, 0.3) is 0 Å². The lowest BCUT2D eigenvalue weighted by Crippen LogP contribution is -2.40. The summed E-state index contributed by atoms with van der Waals surface area (Å²) >= 11 is 0. The van der Waals surface area contributed by atoms with Crippen molar-refractivity contribution in [2.45, 2.75) is 38.6 Å². The molecule has 1 aliphatic heterocycles. The zero-order chi connectivity index (χ0) is 12.8. The lowest BCUT2D eigenvalue weighted by molar-refractivity contribution is -0.306. The first-order valence-corrected chi connectivity index (χ1v) is 5.69. The lowest BCUT2D eigenvalue weighted by Gasteiger charge is -2.24. The molecule has 0 aromatic heterocycles. The Kier molecular flexibility index (Phi) is 4.93. The summed E-state index contributed by atoms with van der Waals surface area (Å²) in [7, 11) is 0. The molecule has 0 radical (unpaired) electrons. The van der Waals surface area contributed by atoms with Crippen molar-refractivity contribution in [3.05, 3.63) is 0 Å². The van der Waals surface area contributed by atoms with Crippen LogP contribution < -0.4 is 5.11 Å². The van der Waals surface area contributed by atoms with Gasteiger partial charge >= 0.3 is 5.97 Å². The predicted molar refractivity (Wildman–Crippen MR) is 55.6 cm³/mol. The summed E-state index contributed by atoms with van der Waals surface area (Å²) in [5.74, 6) is -2.12. The molecule has 0 aliphatic carbocycles. The number of aliphatic carboxylic acids is 1. The van der Waals surface area contributed by atoms with E-state index in [-0.39, 0.29) is 31.4 Å². The number of ether oxygens (including phenoxy) is 1. The number of nitrogens with zero attached hydrogens (tertiary/aromatic N) is 1. The molecule has 1 aliphatic rings. The molecule has 96 valence electrons. The maximum Gasteiger partial charge on any atom is 0.315 e. The highest BCUT2D eigenvalue weighted by atomic mass is 16.5. The summed E-state index contributed by atoms with van der Waals surface area (Å²) in [6.45, 7) is 2.39. The van der Waals surface area contributed by atoms with Gasteiger partial charge < -0.3 is 19.5 Å². The normalized spacial score (nSPS) is 19.1. The van der Waals surface area contributed by atoms with Crippen molar-refractivity contribution < 1.29 is 24.2 Å². The van der Waals surface area contributed by atoms with E-state index in [0.717, 1.165) is 6.42 Å². The van der Waals surface area contributed by atoms with Crippen LogP contribution in [-0.2, 0) is 19.1 Å². The predicted octanol–water partition coefficient (Wildman–Crippen LogP) is -0.929. The van der Waals surface area contributed by atoms with Crippen LogP contribution in [0.2, 0.25) is 0 Å². The number of hydrogen-bond donors (Lipinski definition) is 0. The molecule has 0 saturated carbocycles. The summed E-state index contributed by atoms with van der Waals surface area (Å²) in [6, 6.07) is -0.345. The van der Waals surface area contributed by atoms with E-state index in [2.05, 4.69) is 4.74 Å². The van der Waals surface area contributed by atoms with Crippen LogP contribution in [0, 0.1) is 0 Å². The molecule has 1 amide bonds. The van der Waals surface area contributed by atoms with Crippen molar-refractivity contribution in [3.8, 4) is 0 Å². The van der Waals surface area contributed by atoms with Gasteiger partial charge in [0, 0.05) is 25.0 Å². The molecule has 1 atom stereocenters.